The van der Waals surface area contributed by atoms with Gasteiger partial charge >= 0.3 is 0 Å². The van der Waals surface area contributed by atoms with Gasteiger partial charge in [0.05, 0.1) is 27.3 Å². The summed E-state index contributed by atoms with van der Waals surface area (Å²) in [5.74, 6) is 0.911. The van der Waals surface area contributed by atoms with Crippen LogP contribution in [-0.4, -0.2) is 52.3 Å². The summed E-state index contributed by atoms with van der Waals surface area (Å²) in [5.41, 5.74) is 7.30. The van der Waals surface area contributed by atoms with Crippen LogP contribution in [0, 0.1) is 0 Å². The SMILES string of the molecule is COc1ccc(C(OCCCCNC(=O)CNC(=O)CN)(c2ccccc2)c2ccc(OC)cc2)cc1. The van der Waals surface area contributed by atoms with Crippen molar-refractivity contribution in [2.24, 2.45) is 5.73 Å². The van der Waals surface area contributed by atoms with Gasteiger partial charge in [0, 0.05) is 13.2 Å². The maximum Gasteiger partial charge on any atom is 0.239 e. The molecule has 3 aromatic carbocycles. The first-order valence-corrected chi connectivity index (χ1v) is 12.3. The number of ether oxygens (including phenoxy) is 3. The third-order valence-corrected chi connectivity index (χ3v) is 6.02. The van der Waals surface area contributed by atoms with Gasteiger partial charge in [-0.25, -0.2) is 0 Å². The molecule has 0 fully saturated rings. The van der Waals surface area contributed by atoms with E-state index in [4.69, 9.17) is 19.9 Å². The van der Waals surface area contributed by atoms with Crippen molar-refractivity contribution in [1.29, 1.82) is 0 Å². The Labute approximate surface area is 218 Å². The zero-order valence-corrected chi connectivity index (χ0v) is 21.4. The summed E-state index contributed by atoms with van der Waals surface area (Å²) >= 11 is 0. The van der Waals surface area contributed by atoms with Crippen molar-refractivity contribution in [3.05, 3.63) is 95.6 Å². The minimum absolute atomic E-state index is 0.0847. The van der Waals surface area contributed by atoms with E-state index in [2.05, 4.69) is 22.8 Å². The first-order chi connectivity index (χ1) is 18.0. The summed E-state index contributed by atoms with van der Waals surface area (Å²) in [5, 5.41) is 5.26. The summed E-state index contributed by atoms with van der Waals surface area (Å²) in [4.78, 5) is 23.1. The number of nitrogens with one attached hydrogen (secondary N) is 2. The highest BCUT2D eigenvalue weighted by molar-refractivity contribution is 5.85. The van der Waals surface area contributed by atoms with Gasteiger partial charge in [0.25, 0.3) is 0 Å². The van der Waals surface area contributed by atoms with E-state index in [9.17, 15) is 9.59 Å². The largest absolute Gasteiger partial charge is 0.497 e. The maximum absolute atomic E-state index is 11.9. The van der Waals surface area contributed by atoms with Crippen LogP contribution in [0.3, 0.4) is 0 Å². The lowest BCUT2D eigenvalue weighted by atomic mass is 9.80. The molecule has 0 saturated heterocycles. The number of hydrogen-bond acceptors (Lipinski definition) is 6. The van der Waals surface area contributed by atoms with Crippen molar-refractivity contribution in [3.63, 3.8) is 0 Å². The van der Waals surface area contributed by atoms with E-state index < -0.39 is 5.60 Å². The number of amides is 2. The molecule has 37 heavy (non-hydrogen) atoms. The van der Waals surface area contributed by atoms with E-state index in [0.717, 1.165) is 34.6 Å². The molecule has 0 bridgehead atoms. The van der Waals surface area contributed by atoms with Gasteiger partial charge in [-0.2, -0.15) is 0 Å². The molecule has 8 nitrogen and oxygen atoms in total. The van der Waals surface area contributed by atoms with E-state index in [1.165, 1.54) is 0 Å². The van der Waals surface area contributed by atoms with Gasteiger partial charge in [-0.05, 0) is 53.8 Å². The van der Waals surface area contributed by atoms with E-state index in [-0.39, 0.29) is 24.9 Å². The fraction of sp³-hybridized carbons (Fsp3) is 0.310. The van der Waals surface area contributed by atoms with E-state index in [1.807, 2.05) is 66.7 Å². The second kappa shape index (κ2) is 14.0. The quantitative estimate of drug-likeness (QED) is 0.229. The first kappa shape index (κ1) is 27.7. The molecule has 0 radical (unpaired) electrons. The molecule has 0 heterocycles. The van der Waals surface area contributed by atoms with Crippen LogP contribution < -0.4 is 25.8 Å². The Kier molecular flexibility index (Phi) is 10.5. The highest BCUT2D eigenvalue weighted by atomic mass is 16.5. The molecule has 8 heteroatoms. The van der Waals surface area contributed by atoms with Gasteiger partial charge < -0.3 is 30.6 Å². The van der Waals surface area contributed by atoms with E-state index in [1.54, 1.807) is 14.2 Å². The number of carbonyl (C=O) groups is 2. The van der Waals surface area contributed by atoms with Crippen molar-refractivity contribution < 1.29 is 23.8 Å². The third-order valence-electron chi connectivity index (χ3n) is 6.02. The summed E-state index contributed by atoms with van der Waals surface area (Å²) in [6.07, 6.45) is 1.43. The predicted octanol–water partition coefficient (Wildman–Crippen LogP) is 2.98. The zero-order valence-electron chi connectivity index (χ0n) is 21.4. The number of nitrogens with two attached hydrogens (primary N) is 1. The second-order valence-electron chi connectivity index (χ2n) is 8.39. The predicted molar refractivity (Wildman–Crippen MR) is 143 cm³/mol. The van der Waals surface area contributed by atoms with Gasteiger partial charge in [-0.3, -0.25) is 9.59 Å². The summed E-state index contributed by atoms with van der Waals surface area (Å²) in [6.45, 7) is 0.700. The lowest BCUT2D eigenvalue weighted by Crippen LogP contribution is -2.39. The Morgan fingerprint density at radius 1 is 0.730 bits per heavy atom. The van der Waals surface area contributed by atoms with Gasteiger partial charge in [-0.1, -0.05) is 54.6 Å². The Morgan fingerprint density at radius 2 is 1.27 bits per heavy atom. The van der Waals surface area contributed by atoms with Gasteiger partial charge in [0.15, 0.2) is 0 Å². The minimum atomic E-state index is -0.866. The van der Waals surface area contributed by atoms with Gasteiger partial charge in [-0.15, -0.1) is 0 Å². The molecule has 3 aromatic rings. The smallest absolute Gasteiger partial charge is 0.239 e. The van der Waals surface area contributed by atoms with Crippen molar-refractivity contribution in [2.75, 3.05) is 40.5 Å². The number of benzene rings is 3. The lowest BCUT2D eigenvalue weighted by molar-refractivity contribution is -0.125. The van der Waals surface area contributed by atoms with Crippen LogP contribution >= 0.6 is 0 Å². The molecule has 0 aromatic heterocycles. The Bertz CT molecular complexity index is 1070. The van der Waals surface area contributed by atoms with Crippen LogP contribution in [0.15, 0.2) is 78.9 Å². The van der Waals surface area contributed by atoms with Crippen LogP contribution in [0.2, 0.25) is 0 Å². The third kappa shape index (κ3) is 7.31. The fourth-order valence-corrected chi connectivity index (χ4v) is 4.07. The highest BCUT2D eigenvalue weighted by Gasteiger charge is 2.37. The number of rotatable bonds is 14. The molecule has 4 N–H and O–H groups in total. The summed E-state index contributed by atoms with van der Waals surface area (Å²) in [7, 11) is 3.29. The molecule has 0 saturated carbocycles. The number of unbranched alkanes of at least 4 members (excludes halogenated alkanes) is 1. The first-order valence-electron chi connectivity index (χ1n) is 12.3. The standard InChI is InChI=1S/C29H35N3O5/c1-35-25-14-10-23(11-15-25)29(22-8-4-3-5-9-22,24-12-16-26(36-2)17-13-24)37-19-7-6-18-31-28(34)21-32-27(33)20-30/h3-5,8-17H,6-7,18-21,30H2,1-2H3,(H,31,34)(H,32,33). The summed E-state index contributed by atoms with van der Waals surface area (Å²) < 4.78 is 17.5. The molecule has 0 spiro atoms. The van der Waals surface area contributed by atoms with Gasteiger partial charge in [0.2, 0.25) is 11.8 Å². The van der Waals surface area contributed by atoms with Crippen LogP contribution in [-0.2, 0) is 19.9 Å². The molecule has 0 aliphatic carbocycles. The van der Waals surface area contributed by atoms with Crippen LogP contribution in [0.25, 0.3) is 0 Å². The normalized spacial score (nSPS) is 11.0. The average molecular weight is 506 g/mol. The van der Waals surface area contributed by atoms with Gasteiger partial charge in [0.1, 0.15) is 17.1 Å². The van der Waals surface area contributed by atoms with Crippen LogP contribution in [0.1, 0.15) is 29.5 Å². The maximum atomic E-state index is 11.9. The van der Waals surface area contributed by atoms with Crippen molar-refractivity contribution >= 4 is 11.8 Å². The second-order valence-corrected chi connectivity index (χ2v) is 8.39. The fourth-order valence-electron chi connectivity index (χ4n) is 4.07. The number of methoxy groups -OCH3 is 2. The zero-order chi connectivity index (χ0) is 26.5. The molecule has 0 aliphatic heterocycles. The van der Waals surface area contributed by atoms with Crippen LogP contribution in [0.5, 0.6) is 11.5 Å². The van der Waals surface area contributed by atoms with Crippen LogP contribution in [0.4, 0.5) is 0 Å². The molecular weight excluding hydrogens is 470 g/mol. The van der Waals surface area contributed by atoms with E-state index in [0.29, 0.717) is 19.6 Å². The minimum Gasteiger partial charge on any atom is -0.497 e. The molecule has 2 amide bonds. The molecule has 0 atom stereocenters. The Hall–Kier alpha value is -3.88. The van der Waals surface area contributed by atoms with E-state index >= 15 is 0 Å². The van der Waals surface area contributed by atoms with Crippen molar-refractivity contribution in [3.8, 4) is 11.5 Å². The molecule has 196 valence electrons. The number of hydrogen-bond donors (Lipinski definition) is 3. The Balaban J connectivity index is 1.79. The molecular formula is C29H35N3O5. The topological polar surface area (TPSA) is 112 Å². The highest BCUT2D eigenvalue weighted by Crippen LogP contribution is 2.41. The van der Waals surface area contributed by atoms with Crippen molar-refractivity contribution in [1.82, 2.24) is 10.6 Å². The van der Waals surface area contributed by atoms with Crippen molar-refractivity contribution in [2.45, 2.75) is 18.4 Å². The lowest BCUT2D eigenvalue weighted by Gasteiger charge is -2.36. The Morgan fingerprint density at radius 3 is 1.78 bits per heavy atom. The number of carbonyl (C=O) groups excluding carboxylic acids is 2. The molecule has 0 unspecified atom stereocenters. The monoisotopic (exact) mass is 505 g/mol. The molecule has 0 aliphatic rings. The summed E-state index contributed by atoms with van der Waals surface area (Å²) in [6, 6.07) is 25.9. The average Bonchev–Trinajstić information content (AvgIpc) is 2.96. The molecule has 3 rings (SSSR count).